The van der Waals surface area contributed by atoms with Crippen molar-refractivity contribution in [2.75, 3.05) is 26.2 Å². The van der Waals surface area contributed by atoms with E-state index in [9.17, 15) is 14.3 Å². The highest BCUT2D eigenvalue weighted by atomic mass is 35.5. The number of halogens is 2. The summed E-state index contributed by atoms with van der Waals surface area (Å²) in [6.07, 6.45) is 4.08. The van der Waals surface area contributed by atoms with E-state index >= 15 is 0 Å². The third-order valence-electron chi connectivity index (χ3n) is 6.01. The van der Waals surface area contributed by atoms with Crippen molar-refractivity contribution < 1.29 is 23.8 Å². The van der Waals surface area contributed by atoms with Gasteiger partial charge in [0.15, 0.2) is 0 Å². The summed E-state index contributed by atoms with van der Waals surface area (Å²) in [5.41, 5.74) is 6.35. The van der Waals surface area contributed by atoms with Crippen LogP contribution in [0.15, 0.2) is 41.5 Å². The Morgan fingerprint density at radius 1 is 1.36 bits per heavy atom. The minimum atomic E-state index is -0.618. The van der Waals surface area contributed by atoms with Crippen LogP contribution >= 0.6 is 11.6 Å². The minimum Gasteiger partial charge on any atom is -0.507 e. The normalized spacial score (nSPS) is 18.6. The van der Waals surface area contributed by atoms with Gasteiger partial charge < -0.3 is 25.2 Å². The lowest BCUT2D eigenvalue weighted by molar-refractivity contribution is -0.00153. The molecule has 0 saturated carbocycles. The van der Waals surface area contributed by atoms with Gasteiger partial charge in [-0.2, -0.15) is 0 Å². The molecule has 0 aromatic heterocycles. The first-order valence-corrected chi connectivity index (χ1v) is 12.1. The largest absolute Gasteiger partial charge is 0.507 e. The Kier molecular flexibility index (Phi) is 7.42. The van der Waals surface area contributed by atoms with Gasteiger partial charge in [0, 0.05) is 43.5 Å². The van der Waals surface area contributed by atoms with Crippen LogP contribution < -0.4 is 10.5 Å². The van der Waals surface area contributed by atoms with Gasteiger partial charge in [0.25, 0.3) is 0 Å². The molecule has 10 heteroatoms. The number of benzene rings is 2. The molecule has 0 bridgehead atoms. The van der Waals surface area contributed by atoms with Crippen molar-refractivity contribution in [3.63, 3.8) is 0 Å². The van der Waals surface area contributed by atoms with Crippen LogP contribution in [0.2, 0.25) is 5.02 Å². The number of phenolic OH excluding ortho intramolecular Hbond substituents is 1. The summed E-state index contributed by atoms with van der Waals surface area (Å²) in [6.45, 7) is 7.76. The monoisotopic (exact) mass is 516 g/mol. The minimum absolute atomic E-state index is 0.0298. The highest BCUT2D eigenvalue weighted by molar-refractivity contribution is 6.35. The number of phenols is 1. The molecule has 2 aromatic carbocycles. The molecule has 2 aliphatic rings. The third kappa shape index (κ3) is 5.42. The van der Waals surface area contributed by atoms with Gasteiger partial charge in [-0.3, -0.25) is 9.89 Å². The van der Waals surface area contributed by atoms with Crippen molar-refractivity contribution in [3.8, 4) is 22.6 Å². The molecule has 2 aromatic rings. The van der Waals surface area contributed by atoms with Gasteiger partial charge in [-0.25, -0.2) is 9.18 Å². The number of hydrogen-bond donors (Lipinski definition) is 2. The summed E-state index contributed by atoms with van der Waals surface area (Å²) >= 11 is 6.77. The summed E-state index contributed by atoms with van der Waals surface area (Å²) in [5, 5.41) is 10.6. The highest BCUT2D eigenvalue weighted by Gasteiger charge is 2.36. The summed E-state index contributed by atoms with van der Waals surface area (Å²) in [4.78, 5) is 21.0. The average Bonchev–Trinajstić information content (AvgIpc) is 3.00. The van der Waals surface area contributed by atoms with Crippen LogP contribution in [0.1, 0.15) is 26.3 Å². The van der Waals surface area contributed by atoms with Crippen molar-refractivity contribution in [1.82, 2.24) is 9.80 Å². The van der Waals surface area contributed by atoms with Crippen LogP contribution in [-0.2, 0) is 11.3 Å². The van der Waals surface area contributed by atoms with E-state index in [1.54, 1.807) is 17.0 Å². The average molecular weight is 517 g/mol. The summed E-state index contributed by atoms with van der Waals surface area (Å²) in [5.74, 6) is -0.487. The second-order valence-corrected chi connectivity index (χ2v) is 10.1. The van der Waals surface area contributed by atoms with Crippen molar-refractivity contribution in [2.24, 2.45) is 10.7 Å². The van der Waals surface area contributed by atoms with E-state index in [0.717, 1.165) is 5.56 Å². The number of carbonyl (C=O) groups excluding carboxylic acids is 1. The van der Waals surface area contributed by atoms with E-state index in [4.69, 9.17) is 26.8 Å². The fraction of sp³-hybridized carbons (Fsp3) is 0.385. The molecule has 1 saturated heterocycles. The molecule has 4 rings (SSSR count). The topological polar surface area (TPSA) is 101 Å². The van der Waals surface area contributed by atoms with Crippen molar-refractivity contribution in [1.29, 1.82) is 0 Å². The van der Waals surface area contributed by atoms with Crippen LogP contribution in [-0.4, -0.2) is 65.1 Å². The molecule has 1 fully saturated rings. The molecule has 1 atom stereocenters. The molecular formula is C26H30ClFN4O4. The Morgan fingerprint density at radius 3 is 2.83 bits per heavy atom. The number of nitrogens with zero attached hydrogens (tertiary/aromatic N) is 3. The maximum Gasteiger partial charge on any atom is 0.410 e. The fourth-order valence-corrected chi connectivity index (χ4v) is 4.66. The number of nitrogens with two attached hydrogens (primary N) is 1. The van der Waals surface area contributed by atoms with Crippen LogP contribution in [0, 0.1) is 5.82 Å². The van der Waals surface area contributed by atoms with E-state index in [2.05, 4.69) is 9.89 Å². The first-order valence-electron chi connectivity index (χ1n) is 11.7. The number of ether oxygens (including phenoxy) is 2. The quantitative estimate of drug-likeness (QED) is 0.566. The van der Waals surface area contributed by atoms with Gasteiger partial charge in [-0.15, -0.1) is 0 Å². The van der Waals surface area contributed by atoms with E-state index < -0.39 is 11.4 Å². The zero-order valence-electron chi connectivity index (χ0n) is 20.5. The second kappa shape index (κ2) is 10.4. The van der Waals surface area contributed by atoms with E-state index in [1.165, 1.54) is 30.6 Å². The Bertz CT molecular complexity index is 1190. The Morgan fingerprint density at radius 2 is 2.14 bits per heavy atom. The lowest BCUT2D eigenvalue weighted by Gasteiger charge is -2.40. The molecule has 2 aliphatic heterocycles. The summed E-state index contributed by atoms with van der Waals surface area (Å²) < 4.78 is 26.5. The van der Waals surface area contributed by atoms with Gasteiger partial charge in [0.2, 0.25) is 0 Å². The van der Waals surface area contributed by atoms with Crippen LogP contribution in [0.25, 0.3) is 11.1 Å². The molecule has 0 spiro atoms. The standard InChI is InChI=1S/C26H30ClFN4O4/c1-26(2,3)36-25(34)32-11-10-31-14-18-20(30-9-5-8-29)12-17(22-19(28)6-4-7-21(22)33)23(27)24(18)35-15-16(31)13-32/h4-9,12,16,33H,10-11,13-15,29H2,1-3H3/b8-5-,30-9?. The SMILES string of the molecule is CC(C)(C)OC(=O)N1CCN2Cc3c(N=C/C=C\N)cc(-c4c(O)cccc4F)c(Cl)c3OCC2C1. The molecule has 2 heterocycles. The zero-order valence-corrected chi connectivity index (χ0v) is 21.3. The Labute approximate surface area is 214 Å². The van der Waals surface area contributed by atoms with Crippen molar-refractivity contribution in [2.45, 2.75) is 39.0 Å². The molecule has 36 heavy (non-hydrogen) atoms. The number of carbonyl (C=O) groups is 1. The molecule has 1 amide bonds. The Balaban J connectivity index is 1.71. The summed E-state index contributed by atoms with van der Waals surface area (Å²) in [6, 6.07) is 5.60. The Hall–Kier alpha value is -3.30. The number of aromatic hydroxyl groups is 1. The van der Waals surface area contributed by atoms with Crippen LogP contribution in [0.4, 0.5) is 14.9 Å². The molecule has 192 valence electrons. The molecule has 1 unspecified atom stereocenters. The van der Waals surface area contributed by atoms with Crippen molar-refractivity contribution >= 4 is 29.6 Å². The number of hydrogen-bond acceptors (Lipinski definition) is 7. The van der Waals surface area contributed by atoms with Gasteiger partial charge in [0.1, 0.15) is 29.5 Å². The van der Waals surface area contributed by atoms with Gasteiger partial charge in [-0.1, -0.05) is 17.7 Å². The van der Waals surface area contributed by atoms with Crippen LogP contribution in [0.3, 0.4) is 0 Å². The van der Waals surface area contributed by atoms with Crippen molar-refractivity contribution in [3.05, 3.63) is 52.9 Å². The van der Waals surface area contributed by atoms with Crippen LogP contribution in [0.5, 0.6) is 11.5 Å². The van der Waals surface area contributed by atoms with Gasteiger partial charge >= 0.3 is 6.09 Å². The number of piperazine rings is 1. The lowest BCUT2D eigenvalue weighted by Crippen LogP contribution is -2.56. The lowest BCUT2D eigenvalue weighted by atomic mass is 9.99. The molecule has 8 nitrogen and oxygen atoms in total. The fourth-order valence-electron chi connectivity index (χ4n) is 4.35. The predicted octanol–water partition coefficient (Wildman–Crippen LogP) is 4.84. The first-order chi connectivity index (χ1) is 17.1. The first kappa shape index (κ1) is 25.8. The third-order valence-corrected chi connectivity index (χ3v) is 6.38. The number of amides is 1. The van der Waals surface area contributed by atoms with E-state index in [-0.39, 0.29) is 40.6 Å². The highest BCUT2D eigenvalue weighted by Crippen LogP contribution is 2.47. The molecule has 3 N–H and O–H groups in total. The summed E-state index contributed by atoms with van der Waals surface area (Å²) in [7, 11) is 0. The molecule has 0 radical (unpaired) electrons. The maximum atomic E-state index is 14.8. The zero-order chi connectivity index (χ0) is 26.0. The molecule has 0 aliphatic carbocycles. The number of allylic oxidation sites excluding steroid dienone is 1. The van der Waals surface area contributed by atoms with E-state index in [1.807, 2.05) is 20.8 Å². The maximum absolute atomic E-state index is 14.8. The smallest absolute Gasteiger partial charge is 0.410 e. The predicted molar refractivity (Wildman–Crippen MR) is 137 cm³/mol. The number of rotatable bonds is 3. The van der Waals surface area contributed by atoms with Gasteiger partial charge in [0.05, 0.1) is 22.3 Å². The van der Waals surface area contributed by atoms with E-state index in [0.29, 0.717) is 37.6 Å². The second-order valence-electron chi connectivity index (χ2n) is 9.72. The number of fused-ring (bicyclic) bond motifs is 2. The number of aliphatic imine (C=N–C) groups is 1. The molecular weight excluding hydrogens is 487 g/mol. The van der Waals surface area contributed by atoms with Gasteiger partial charge in [-0.05, 0) is 51.2 Å².